The molecule has 1 heterocycles. The summed E-state index contributed by atoms with van der Waals surface area (Å²) in [7, 11) is 0. The first-order chi connectivity index (χ1) is 3.93. The second-order valence-corrected chi connectivity index (χ2v) is 1.40. The molecule has 0 aliphatic rings. The summed E-state index contributed by atoms with van der Waals surface area (Å²) in [5, 5.41) is 8.32. The van der Waals surface area contributed by atoms with Crippen LogP contribution in [-0.4, -0.2) is 11.7 Å². The van der Waals surface area contributed by atoms with E-state index in [9.17, 15) is 0 Å². The molecule has 1 rings (SSSR count). The largest absolute Gasteiger partial charge is 0.469 e. The summed E-state index contributed by atoms with van der Waals surface area (Å²) in [5.74, 6) is 0.715. The summed E-state index contributed by atoms with van der Waals surface area (Å²) in [6.07, 6.45) is 3.17. The van der Waals surface area contributed by atoms with Crippen LogP contribution >= 0.6 is 0 Å². The number of aliphatic hydroxyl groups is 1. The van der Waals surface area contributed by atoms with Crippen LogP contribution in [0.25, 0.3) is 0 Å². The maximum atomic E-state index is 8.32. The number of aliphatic hydroxyl groups excluding tert-OH is 1. The fraction of sp³-hybridized carbons (Fsp3) is 0.167. The summed E-state index contributed by atoms with van der Waals surface area (Å²) in [5.41, 5.74) is 0. The van der Waals surface area contributed by atoms with Crippen LogP contribution < -0.4 is 0 Å². The van der Waals surface area contributed by atoms with E-state index in [4.69, 9.17) is 9.52 Å². The van der Waals surface area contributed by atoms with E-state index in [1.807, 2.05) is 0 Å². The second-order valence-electron chi connectivity index (χ2n) is 1.40. The standard InChI is InChI=1S/C6H7O2/c7-4-3-6-2-1-5-8-6/h1-3,5,7H,4H2. The molecule has 0 spiro atoms. The molecular formula is C6H7O2. The SMILES string of the molecule is OC[CH]c1ccco1. The third kappa shape index (κ3) is 1.10. The van der Waals surface area contributed by atoms with E-state index in [2.05, 4.69) is 0 Å². The molecule has 0 aliphatic carbocycles. The molecule has 0 fully saturated rings. The van der Waals surface area contributed by atoms with Crippen LogP contribution in [0.2, 0.25) is 0 Å². The Morgan fingerprint density at radius 2 is 2.62 bits per heavy atom. The van der Waals surface area contributed by atoms with Crippen molar-refractivity contribution in [1.82, 2.24) is 0 Å². The van der Waals surface area contributed by atoms with Gasteiger partial charge in [0, 0.05) is 0 Å². The predicted molar refractivity (Wildman–Crippen MR) is 29.2 cm³/mol. The highest BCUT2D eigenvalue weighted by atomic mass is 16.3. The van der Waals surface area contributed by atoms with Crippen LogP contribution in [0.1, 0.15) is 5.76 Å². The van der Waals surface area contributed by atoms with E-state index in [1.54, 1.807) is 24.8 Å². The van der Waals surface area contributed by atoms with Gasteiger partial charge in [-0.3, -0.25) is 0 Å². The van der Waals surface area contributed by atoms with Gasteiger partial charge in [0.25, 0.3) is 0 Å². The summed E-state index contributed by atoms with van der Waals surface area (Å²) in [4.78, 5) is 0. The normalized spacial score (nSPS) is 9.62. The molecule has 1 aromatic heterocycles. The lowest BCUT2D eigenvalue weighted by atomic mass is 10.3. The Balaban J connectivity index is 2.50. The van der Waals surface area contributed by atoms with Crippen molar-refractivity contribution < 1.29 is 9.52 Å². The average Bonchev–Trinajstić information content (AvgIpc) is 2.19. The minimum Gasteiger partial charge on any atom is -0.469 e. The third-order valence-electron chi connectivity index (χ3n) is 0.836. The topological polar surface area (TPSA) is 33.4 Å². The Morgan fingerprint density at radius 1 is 1.75 bits per heavy atom. The Hall–Kier alpha value is -0.760. The van der Waals surface area contributed by atoms with Gasteiger partial charge in [-0.05, 0) is 12.1 Å². The number of hydrogen-bond donors (Lipinski definition) is 1. The lowest BCUT2D eigenvalue weighted by Crippen LogP contribution is -1.81. The first-order valence-corrected chi connectivity index (χ1v) is 2.41. The molecule has 0 aromatic carbocycles. The van der Waals surface area contributed by atoms with Gasteiger partial charge in [-0.2, -0.15) is 0 Å². The van der Waals surface area contributed by atoms with Crippen LogP contribution in [0.5, 0.6) is 0 Å². The van der Waals surface area contributed by atoms with Gasteiger partial charge in [-0.15, -0.1) is 0 Å². The Kier molecular flexibility index (Phi) is 1.70. The molecule has 8 heavy (non-hydrogen) atoms. The number of hydrogen-bond acceptors (Lipinski definition) is 2. The van der Waals surface area contributed by atoms with Crippen molar-refractivity contribution >= 4 is 0 Å². The molecule has 0 bridgehead atoms. The minimum absolute atomic E-state index is 0.0352. The molecule has 43 valence electrons. The van der Waals surface area contributed by atoms with E-state index in [0.717, 1.165) is 0 Å². The zero-order chi connectivity index (χ0) is 5.82. The van der Waals surface area contributed by atoms with Gasteiger partial charge >= 0.3 is 0 Å². The van der Waals surface area contributed by atoms with E-state index in [1.165, 1.54) is 0 Å². The van der Waals surface area contributed by atoms with Gasteiger partial charge in [-0.1, -0.05) is 0 Å². The third-order valence-corrected chi connectivity index (χ3v) is 0.836. The van der Waals surface area contributed by atoms with Crippen molar-refractivity contribution in [3.8, 4) is 0 Å². The Bertz CT molecular complexity index is 132. The summed E-state index contributed by atoms with van der Waals surface area (Å²) in [6.45, 7) is 0.0352. The fourth-order valence-electron chi connectivity index (χ4n) is 0.497. The van der Waals surface area contributed by atoms with E-state index in [-0.39, 0.29) is 6.61 Å². The molecule has 0 unspecified atom stereocenters. The summed E-state index contributed by atoms with van der Waals surface area (Å²) in [6, 6.07) is 3.57. The highest BCUT2D eigenvalue weighted by Crippen LogP contribution is 2.00. The van der Waals surface area contributed by atoms with Crippen molar-refractivity contribution in [3.63, 3.8) is 0 Å². The molecule has 0 atom stereocenters. The lowest BCUT2D eigenvalue weighted by Gasteiger charge is -1.84. The summed E-state index contributed by atoms with van der Waals surface area (Å²) < 4.78 is 4.86. The maximum absolute atomic E-state index is 8.32. The van der Waals surface area contributed by atoms with Gasteiger partial charge in [0.05, 0.1) is 19.3 Å². The van der Waals surface area contributed by atoms with E-state index in [0.29, 0.717) is 5.76 Å². The van der Waals surface area contributed by atoms with Crippen molar-refractivity contribution in [2.75, 3.05) is 6.61 Å². The van der Waals surface area contributed by atoms with Crippen molar-refractivity contribution in [3.05, 3.63) is 30.6 Å². The van der Waals surface area contributed by atoms with Crippen LogP contribution in [0.4, 0.5) is 0 Å². The first kappa shape index (κ1) is 5.38. The average molecular weight is 111 g/mol. The number of rotatable bonds is 2. The van der Waals surface area contributed by atoms with Gasteiger partial charge in [0.15, 0.2) is 0 Å². The zero-order valence-corrected chi connectivity index (χ0v) is 4.37. The van der Waals surface area contributed by atoms with Gasteiger partial charge in [0.2, 0.25) is 0 Å². The fourth-order valence-corrected chi connectivity index (χ4v) is 0.497. The van der Waals surface area contributed by atoms with Crippen molar-refractivity contribution in [2.45, 2.75) is 0 Å². The van der Waals surface area contributed by atoms with E-state index < -0.39 is 0 Å². The van der Waals surface area contributed by atoms with Crippen molar-refractivity contribution in [1.29, 1.82) is 0 Å². The molecule has 0 saturated carbocycles. The van der Waals surface area contributed by atoms with Gasteiger partial charge in [-0.25, -0.2) is 0 Å². The molecule has 1 radical (unpaired) electrons. The Morgan fingerprint density at radius 3 is 3.12 bits per heavy atom. The molecule has 0 saturated heterocycles. The number of furan rings is 1. The molecule has 1 aromatic rings. The molecule has 2 heteroatoms. The quantitative estimate of drug-likeness (QED) is 0.613. The molecule has 1 N–H and O–H groups in total. The zero-order valence-electron chi connectivity index (χ0n) is 4.37. The minimum atomic E-state index is 0.0352. The van der Waals surface area contributed by atoms with Crippen LogP contribution in [0.15, 0.2) is 22.8 Å². The molecule has 0 aliphatic heterocycles. The highest BCUT2D eigenvalue weighted by molar-refractivity contribution is 5.07. The van der Waals surface area contributed by atoms with Gasteiger partial charge < -0.3 is 9.52 Å². The predicted octanol–water partition coefficient (Wildman–Crippen LogP) is 0.824. The van der Waals surface area contributed by atoms with E-state index >= 15 is 0 Å². The van der Waals surface area contributed by atoms with Crippen LogP contribution in [-0.2, 0) is 0 Å². The molecular weight excluding hydrogens is 104 g/mol. The second kappa shape index (κ2) is 2.52. The van der Waals surface area contributed by atoms with Gasteiger partial charge in [0.1, 0.15) is 5.76 Å². The monoisotopic (exact) mass is 111 g/mol. The highest BCUT2D eigenvalue weighted by Gasteiger charge is 1.90. The first-order valence-electron chi connectivity index (χ1n) is 2.41. The summed E-state index contributed by atoms with van der Waals surface area (Å²) >= 11 is 0. The van der Waals surface area contributed by atoms with Crippen LogP contribution in [0, 0.1) is 6.42 Å². The smallest absolute Gasteiger partial charge is 0.109 e. The van der Waals surface area contributed by atoms with Crippen molar-refractivity contribution in [2.24, 2.45) is 0 Å². The molecule has 2 nitrogen and oxygen atoms in total. The maximum Gasteiger partial charge on any atom is 0.109 e. The van der Waals surface area contributed by atoms with Crippen LogP contribution in [0.3, 0.4) is 0 Å². The Labute approximate surface area is 47.7 Å². The lowest BCUT2D eigenvalue weighted by molar-refractivity contribution is 0.324. The molecule has 0 amide bonds.